The van der Waals surface area contributed by atoms with Gasteiger partial charge in [-0.25, -0.2) is 4.98 Å². The van der Waals surface area contributed by atoms with Crippen LogP contribution in [0.2, 0.25) is 0 Å². The number of anilines is 1. The molecule has 0 saturated carbocycles. The number of rotatable bonds is 4. The number of nitrogens with one attached hydrogen (secondary N) is 1. The van der Waals surface area contributed by atoms with Gasteiger partial charge in [0.15, 0.2) is 0 Å². The normalized spacial score (nSPS) is 16.3. The van der Waals surface area contributed by atoms with E-state index < -0.39 is 4.92 Å². The quantitative estimate of drug-likeness (QED) is 0.690. The van der Waals surface area contributed by atoms with Gasteiger partial charge in [0.2, 0.25) is 0 Å². The van der Waals surface area contributed by atoms with Gasteiger partial charge in [0.1, 0.15) is 17.8 Å². The van der Waals surface area contributed by atoms with E-state index in [4.69, 9.17) is 4.74 Å². The first-order valence-corrected chi connectivity index (χ1v) is 6.72. The largest absolute Gasteiger partial charge is 0.496 e. The van der Waals surface area contributed by atoms with Crippen LogP contribution in [0.5, 0.6) is 5.75 Å². The molecule has 0 bridgehead atoms. The molecule has 1 aromatic carbocycles. The van der Waals surface area contributed by atoms with E-state index in [0.717, 1.165) is 18.6 Å². The van der Waals surface area contributed by atoms with Crippen molar-refractivity contribution < 1.29 is 9.66 Å². The topological polar surface area (TPSA) is 77.3 Å². The molecule has 0 radical (unpaired) electrons. The highest BCUT2D eigenvalue weighted by molar-refractivity contribution is 5.50. The van der Waals surface area contributed by atoms with E-state index >= 15 is 0 Å². The molecule has 0 amide bonds. The molecule has 1 atom stereocenters. The number of fused-ring (bicyclic) bond motifs is 1. The minimum Gasteiger partial charge on any atom is -0.496 e. The Morgan fingerprint density at radius 2 is 2.24 bits per heavy atom. The Morgan fingerprint density at radius 3 is 2.90 bits per heavy atom. The molecule has 2 aromatic rings. The molecule has 1 aliphatic rings. The Labute approximate surface area is 121 Å². The van der Waals surface area contributed by atoms with E-state index in [-0.39, 0.29) is 11.7 Å². The average Bonchev–Trinajstić information content (AvgIpc) is 2.91. The van der Waals surface area contributed by atoms with Crippen molar-refractivity contribution in [2.75, 3.05) is 12.4 Å². The van der Waals surface area contributed by atoms with E-state index in [1.807, 2.05) is 12.1 Å². The zero-order chi connectivity index (χ0) is 14.8. The molecule has 1 unspecified atom stereocenters. The molecule has 6 nitrogen and oxygen atoms in total. The number of nitrogens with zero attached hydrogens (tertiary/aromatic N) is 2. The standard InChI is InChI=1S/C15H15N3O3/c1-21-14-4-2-3-11-12(14)6-7-13(11)17-15-8-5-10(9-16-15)18(19)20/h2-5,8-9,13H,6-7H2,1H3,(H,16,17). The summed E-state index contributed by atoms with van der Waals surface area (Å²) >= 11 is 0. The predicted molar refractivity (Wildman–Crippen MR) is 78.6 cm³/mol. The van der Waals surface area contributed by atoms with Gasteiger partial charge >= 0.3 is 0 Å². The summed E-state index contributed by atoms with van der Waals surface area (Å²) < 4.78 is 5.38. The van der Waals surface area contributed by atoms with Crippen LogP contribution < -0.4 is 10.1 Å². The van der Waals surface area contributed by atoms with Gasteiger partial charge in [-0.15, -0.1) is 0 Å². The Balaban J connectivity index is 1.80. The summed E-state index contributed by atoms with van der Waals surface area (Å²) in [4.78, 5) is 14.3. The molecule has 1 aromatic heterocycles. The highest BCUT2D eigenvalue weighted by atomic mass is 16.6. The number of benzene rings is 1. The van der Waals surface area contributed by atoms with Crippen LogP contribution in [-0.4, -0.2) is 17.0 Å². The molecular weight excluding hydrogens is 270 g/mol. The SMILES string of the molecule is COc1cccc2c1CCC2Nc1ccc([N+](=O)[O-])cn1. The Morgan fingerprint density at radius 1 is 1.38 bits per heavy atom. The summed E-state index contributed by atoms with van der Waals surface area (Å²) in [6, 6.07) is 9.26. The first-order chi connectivity index (χ1) is 10.2. The molecule has 0 saturated heterocycles. The molecule has 21 heavy (non-hydrogen) atoms. The lowest BCUT2D eigenvalue weighted by Gasteiger charge is -2.15. The van der Waals surface area contributed by atoms with Crippen LogP contribution in [0.15, 0.2) is 36.5 Å². The number of pyridine rings is 1. The number of hydrogen-bond acceptors (Lipinski definition) is 5. The van der Waals surface area contributed by atoms with Crippen LogP contribution >= 0.6 is 0 Å². The first kappa shape index (κ1) is 13.4. The van der Waals surface area contributed by atoms with Crippen molar-refractivity contribution in [2.45, 2.75) is 18.9 Å². The molecule has 0 aliphatic heterocycles. The highest BCUT2D eigenvalue weighted by Gasteiger charge is 2.25. The van der Waals surface area contributed by atoms with Gasteiger partial charge < -0.3 is 10.1 Å². The van der Waals surface area contributed by atoms with E-state index in [2.05, 4.69) is 16.4 Å². The average molecular weight is 285 g/mol. The lowest BCUT2D eigenvalue weighted by molar-refractivity contribution is -0.385. The third-order valence-corrected chi connectivity index (χ3v) is 3.73. The van der Waals surface area contributed by atoms with Gasteiger partial charge in [-0.3, -0.25) is 10.1 Å². The van der Waals surface area contributed by atoms with Crippen LogP contribution in [0, 0.1) is 10.1 Å². The number of hydrogen-bond donors (Lipinski definition) is 1. The van der Waals surface area contributed by atoms with Crippen LogP contribution in [0.3, 0.4) is 0 Å². The number of nitro groups is 1. The number of aromatic nitrogens is 1. The lowest BCUT2D eigenvalue weighted by atomic mass is 10.1. The van der Waals surface area contributed by atoms with Crippen molar-refractivity contribution in [3.63, 3.8) is 0 Å². The van der Waals surface area contributed by atoms with Crippen LogP contribution in [-0.2, 0) is 6.42 Å². The second-order valence-corrected chi connectivity index (χ2v) is 4.92. The predicted octanol–water partition coefficient (Wildman–Crippen LogP) is 3.10. The maximum absolute atomic E-state index is 10.6. The highest BCUT2D eigenvalue weighted by Crippen LogP contribution is 2.38. The molecule has 1 N–H and O–H groups in total. The van der Waals surface area contributed by atoms with Crippen molar-refractivity contribution in [2.24, 2.45) is 0 Å². The zero-order valence-electron chi connectivity index (χ0n) is 11.6. The fourth-order valence-electron chi connectivity index (χ4n) is 2.72. The summed E-state index contributed by atoms with van der Waals surface area (Å²) in [5, 5.41) is 13.9. The third kappa shape index (κ3) is 2.52. The second-order valence-electron chi connectivity index (χ2n) is 4.92. The molecule has 1 heterocycles. The van der Waals surface area contributed by atoms with E-state index in [1.54, 1.807) is 13.2 Å². The van der Waals surface area contributed by atoms with Crippen LogP contribution in [0.25, 0.3) is 0 Å². The molecule has 1 aliphatic carbocycles. The summed E-state index contributed by atoms with van der Waals surface area (Å²) in [5.74, 6) is 1.55. The monoisotopic (exact) mass is 285 g/mol. The molecule has 3 rings (SSSR count). The summed E-state index contributed by atoms with van der Waals surface area (Å²) in [5.41, 5.74) is 2.42. The molecule has 0 fully saturated rings. The Hall–Kier alpha value is -2.63. The van der Waals surface area contributed by atoms with Gasteiger partial charge in [-0.1, -0.05) is 12.1 Å². The van der Waals surface area contributed by atoms with E-state index in [9.17, 15) is 10.1 Å². The summed E-state index contributed by atoms with van der Waals surface area (Å²) in [6.07, 6.45) is 3.17. The summed E-state index contributed by atoms with van der Waals surface area (Å²) in [7, 11) is 1.67. The maximum Gasteiger partial charge on any atom is 0.287 e. The molecular formula is C15H15N3O3. The molecule has 6 heteroatoms. The number of methoxy groups -OCH3 is 1. The van der Waals surface area contributed by atoms with Crippen molar-refractivity contribution in [3.8, 4) is 5.75 Å². The van der Waals surface area contributed by atoms with Crippen LogP contribution in [0.4, 0.5) is 11.5 Å². The fraction of sp³-hybridized carbons (Fsp3) is 0.267. The maximum atomic E-state index is 10.6. The smallest absolute Gasteiger partial charge is 0.287 e. The van der Waals surface area contributed by atoms with Crippen molar-refractivity contribution in [1.82, 2.24) is 4.98 Å². The van der Waals surface area contributed by atoms with Gasteiger partial charge in [-0.05, 0) is 36.1 Å². The minimum absolute atomic E-state index is 0.00552. The van der Waals surface area contributed by atoms with Gasteiger partial charge in [0, 0.05) is 6.07 Å². The minimum atomic E-state index is -0.452. The zero-order valence-corrected chi connectivity index (χ0v) is 11.6. The van der Waals surface area contributed by atoms with Crippen molar-refractivity contribution in [1.29, 1.82) is 0 Å². The second kappa shape index (κ2) is 5.40. The van der Waals surface area contributed by atoms with Crippen molar-refractivity contribution >= 4 is 11.5 Å². The number of ether oxygens (including phenoxy) is 1. The van der Waals surface area contributed by atoms with Crippen LogP contribution in [0.1, 0.15) is 23.6 Å². The van der Waals surface area contributed by atoms with Gasteiger partial charge in [0.05, 0.1) is 18.1 Å². The first-order valence-electron chi connectivity index (χ1n) is 6.72. The van der Waals surface area contributed by atoms with Crippen molar-refractivity contribution in [3.05, 3.63) is 57.8 Å². The lowest BCUT2D eigenvalue weighted by Crippen LogP contribution is -2.08. The molecule has 0 spiro atoms. The Kier molecular flexibility index (Phi) is 3.43. The summed E-state index contributed by atoms with van der Waals surface area (Å²) in [6.45, 7) is 0. The van der Waals surface area contributed by atoms with E-state index in [1.165, 1.54) is 23.4 Å². The Bertz CT molecular complexity index is 670. The van der Waals surface area contributed by atoms with Gasteiger partial charge in [0.25, 0.3) is 5.69 Å². The van der Waals surface area contributed by atoms with E-state index in [0.29, 0.717) is 5.82 Å². The third-order valence-electron chi connectivity index (χ3n) is 3.73. The molecule has 108 valence electrons. The van der Waals surface area contributed by atoms with Gasteiger partial charge in [-0.2, -0.15) is 0 Å². The fourth-order valence-corrected chi connectivity index (χ4v) is 2.72.